The van der Waals surface area contributed by atoms with E-state index in [1.165, 1.54) is 0 Å². The van der Waals surface area contributed by atoms with Crippen molar-refractivity contribution in [1.29, 1.82) is 0 Å². The van der Waals surface area contributed by atoms with Crippen LogP contribution in [0.4, 0.5) is 0 Å². The molecule has 0 unspecified atom stereocenters. The number of ether oxygens (including phenoxy) is 1. The van der Waals surface area contributed by atoms with E-state index in [1.54, 1.807) is 25.3 Å². The smallest absolute Gasteiger partial charge is 0.243 e. The molecule has 1 N–H and O–H groups in total. The summed E-state index contributed by atoms with van der Waals surface area (Å²) in [4.78, 5) is 20.3. The van der Waals surface area contributed by atoms with E-state index >= 15 is 0 Å². The van der Waals surface area contributed by atoms with Crippen LogP contribution in [0, 0.1) is 0 Å². The molecule has 0 bridgehead atoms. The highest BCUT2D eigenvalue weighted by molar-refractivity contribution is 5.84. The van der Waals surface area contributed by atoms with E-state index in [9.17, 15) is 4.79 Å². The minimum atomic E-state index is -0.0161. The average molecular weight is 399 g/mol. The molecule has 7 heteroatoms. The minimum absolute atomic E-state index is 0.0161. The molecule has 7 nitrogen and oxygen atoms in total. The number of carbonyl (C=O) groups is 1. The zero-order chi connectivity index (χ0) is 20.5. The first-order valence-electron chi connectivity index (χ1n) is 10.1. The third-order valence-corrected chi connectivity index (χ3v) is 4.88. The van der Waals surface area contributed by atoms with Crippen molar-refractivity contribution in [2.75, 3.05) is 40.3 Å². The molecule has 3 rings (SSSR count). The summed E-state index contributed by atoms with van der Waals surface area (Å²) in [6, 6.07) is 13.8. The molecule has 0 atom stereocenters. The Hall–Kier alpha value is -2.96. The lowest BCUT2D eigenvalue weighted by molar-refractivity contribution is -0.127. The van der Waals surface area contributed by atoms with Gasteiger partial charge in [-0.25, -0.2) is 4.99 Å². The summed E-state index contributed by atoms with van der Waals surface area (Å²) >= 11 is 0. The fraction of sp³-hybridized carbons (Fsp3) is 0.455. The highest BCUT2D eigenvalue weighted by Gasteiger charge is 2.23. The maximum absolute atomic E-state index is 12.0. The number of rotatable bonds is 7. The molecule has 1 saturated heterocycles. The highest BCUT2D eigenvalue weighted by Crippen LogP contribution is 2.18. The molecule has 1 amide bonds. The van der Waals surface area contributed by atoms with E-state index < -0.39 is 0 Å². The number of furan rings is 1. The normalized spacial score (nSPS) is 15.2. The van der Waals surface area contributed by atoms with Gasteiger partial charge in [0.15, 0.2) is 5.96 Å². The molecule has 0 radical (unpaired) electrons. The number of hydrogen-bond donors (Lipinski definition) is 1. The molecular formula is C22H30N4O3. The molecule has 1 aliphatic rings. The van der Waals surface area contributed by atoms with Gasteiger partial charge in [-0.15, -0.1) is 0 Å². The second kappa shape index (κ2) is 10.5. The first kappa shape index (κ1) is 20.8. The molecule has 0 aliphatic carbocycles. The summed E-state index contributed by atoms with van der Waals surface area (Å²) in [5.41, 5.74) is 0. The van der Waals surface area contributed by atoms with Crippen LogP contribution in [0.15, 0.2) is 58.1 Å². The molecule has 1 aliphatic heterocycles. The van der Waals surface area contributed by atoms with Crippen LogP contribution in [0.25, 0.3) is 0 Å². The van der Waals surface area contributed by atoms with E-state index in [0.717, 1.165) is 49.8 Å². The van der Waals surface area contributed by atoms with Crippen LogP contribution in [0.2, 0.25) is 0 Å². The zero-order valence-corrected chi connectivity index (χ0v) is 17.2. The van der Waals surface area contributed by atoms with Gasteiger partial charge in [-0.1, -0.05) is 18.2 Å². The van der Waals surface area contributed by atoms with E-state index in [2.05, 4.69) is 15.2 Å². The predicted molar refractivity (Wildman–Crippen MR) is 113 cm³/mol. The largest absolute Gasteiger partial charge is 0.490 e. The second-order valence-corrected chi connectivity index (χ2v) is 7.30. The number of piperidine rings is 1. The quantitative estimate of drug-likeness (QED) is 0.573. The molecule has 0 saturated carbocycles. The van der Waals surface area contributed by atoms with Crippen LogP contribution in [0.3, 0.4) is 0 Å². The van der Waals surface area contributed by atoms with Crippen molar-refractivity contribution in [1.82, 2.24) is 15.1 Å². The van der Waals surface area contributed by atoms with Crippen LogP contribution in [0.5, 0.6) is 5.75 Å². The van der Waals surface area contributed by atoms with Crippen molar-refractivity contribution >= 4 is 11.9 Å². The van der Waals surface area contributed by atoms with Crippen molar-refractivity contribution in [3.8, 4) is 5.75 Å². The molecule has 1 fully saturated rings. The molecule has 2 heterocycles. The fourth-order valence-electron chi connectivity index (χ4n) is 3.18. The van der Waals surface area contributed by atoms with E-state index in [1.807, 2.05) is 42.5 Å². The maximum Gasteiger partial charge on any atom is 0.243 e. The second-order valence-electron chi connectivity index (χ2n) is 7.30. The number of carbonyl (C=O) groups excluding carboxylic acids is 1. The summed E-state index contributed by atoms with van der Waals surface area (Å²) in [6.07, 6.45) is 4.46. The van der Waals surface area contributed by atoms with Crippen molar-refractivity contribution in [2.45, 2.75) is 25.4 Å². The van der Waals surface area contributed by atoms with Gasteiger partial charge >= 0.3 is 0 Å². The first-order valence-corrected chi connectivity index (χ1v) is 10.1. The lowest BCUT2D eigenvalue weighted by atomic mass is 10.1. The van der Waals surface area contributed by atoms with Crippen LogP contribution >= 0.6 is 0 Å². The number of para-hydroxylation sites is 1. The van der Waals surface area contributed by atoms with Gasteiger partial charge in [0.2, 0.25) is 5.91 Å². The zero-order valence-electron chi connectivity index (χ0n) is 17.2. The first-order chi connectivity index (χ1) is 14.1. The van der Waals surface area contributed by atoms with Crippen molar-refractivity contribution in [3.05, 3.63) is 54.5 Å². The van der Waals surface area contributed by atoms with Gasteiger partial charge in [0.1, 0.15) is 24.2 Å². The van der Waals surface area contributed by atoms with Crippen LogP contribution in [-0.2, 0) is 11.2 Å². The standard InChI is InChI=1S/C22H30N4O3/c1-25(2)21(27)17-24-22(23-13-10-18-9-6-16-28-18)26-14-11-20(12-15-26)29-19-7-4-3-5-8-19/h3-9,16,20H,10-15,17H2,1-2H3,(H,23,24). The number of hydrogen-bond acceptors (Lipinski definition) is 4. The number of guanidine groups is 1. The van der Waals surface area contributed by atoms with E-state index in [-0.39, 0.29) is 18.6 Å². The maximum atomic E-state index is 12.0. The molecule has 156 valence electrons. The Morgan fingerprint density at radius 3 is 2.62 bits per heavy atom. The Morgan fingerprint density at radius 1 is 1.21 bits per heavy atom. The molecule has 1 aromatic carbocycles. The van der Waals surface area contributed by atoms with Crippen LogP contribution in [0.1, 0.15) is 18.6 Å². The average Bonchev–Trinajstić information content (AvgIpc) is 3.25. The third-order valence-electron chi connectivity index (χ3n) is 4.88. The number of benzene rings is 1. The van der Waals surface area contributed by atoms with Crippen molar-refractivity contribution in [2.24, 2.45) is 4.99 Å². The van der Waals surface area contributed by atoms with Gasteiger partial charge in [0.25, 0.3) is 0 Å². The van der Waals surface area contributed by atoms with Gasteiger partial charge < -0.3 is 24.3 Å². The lowest BCUT2D eigenvalue weighted by Crippen LogP contribution is -2.48. The summed E-state index contributed by atoms with van der Waals surface area (Å²) < 4.78 is 11.5. The Labute approximate surface area is 172 Å². The fourth-order valence-corrected chi connectivity index (χ4v) is 3.18. The Kier molecular flexibility index (Phi) is 7.55. The summed E-state index contributed by atoms with van der Waals surface area (Å²) in [5, 5.41) is 3.39. The highest BCUT2D eigenvalue weighted by atomic mass is 16.5. The number of aliphatic imine (C=N–C) groups is 1. The van der Waals surface area contributed by atoms with Crippen molar-refractivity contribution < 1.29 is 13.9 Å². The molecule has 2 aromatic rings. The molecule has 1 aromatic heterocycles. The Bertz CT molecular complexity index is 767. The molecule has 0 spiro atoms. The molecule has 29 heavy (non-hydrogen) atoms. The SMILES string of the molecule is CN(C)C(=O)CN=C(NCCc1ccco1)N1CCC(Oc2ccccc2)CC1. The van der Waals surface area contributed by atoms with Gasteiger partial charge in [-0.2, -0.15) is 0 Å². The summed E-state index contributed by atoms with van der Waals surface area (Å²) in [6.45, 7) is 2.50. The number of amides is 1. The van der Waals surface area contributed by atoms with Gasteiger partial charge in [-0.05, 0) is 24.3 Å². The van der Waals surface area contributed by atoms with Gasteiger partial charge in [0.05, 0.1) is 6.26 Å². The number of likely N-dealkylation sites (N-methyl/N-ethyl adjacent to an activating group) is 1. The Balaban J connectivity index is 1.55. The summed E-state index contributed by atoms with van der Waals surface area (Å²) in [5.74, 6) is 2.59. The third kappa shape index (κ3) is 6.55. The van der Waals surface area contributed by atoms with Crippen LogP contribution < -0.4 is 10.1 Å². The topological polar surface area (TPSA) is 70.3 Å². The number of likely N-dealkylation sites (tertiary alicyclic amines) is 1. The van der Waals surface area contributed by atoms with E-state index in [0.29, 0.717) is 6.54 Å². The van der Waals surface area contributed by atoms with Crippen molar-refractivity contribution in [3.63, 3.8) is 0 Å². The van der Waals surface area contributed by atoms with Crippen LogP contribution in [-0.4, -0.2) is 68.0 Å². The predicted octanol–water partition coefficient (Wildman–Crippen LogP) is 2.40. The summed E-state index contributed by atoms with van der Waals surface area (Å²) in [7, 11) is 3.49. The lowest BCUT2D eigenvalue weighted by Gasteiger charge is -2.34. The van der Waals surface area contributed by atoms with E-state index in [4.69, 9.17) is 9.15 Å². The minimum Gasteiger partial charge on any atom is -0.490 e. The van der Waals surface area contributed by atoms with Gasteiger partial charge in [0, 0.05) is 53.0 Å². The number of nitrogens with zero attached hydrogens (tertiary/aromatic N) is 3. The molecular weight excluding hydrogens is 368 g/mol. The van der Waals surface area contributed by atoms with Gasteiger partial charge in [-0.3, -0.25) is 4.79 Å². The number of nitrogens with one attached hydrogen (secondary N) is 1. The Morgan fingerprint density at radius 2 is 1.97 bits per heavy atom. The monoisotopic (exact) mass is 398 g/mol.